The quantitative estimate of drug-likeness (QED) is 0.749. The van der Waals surface area contributed by atoms with Crippen LogP contribution in [-0.2, 0) is 0 Å². The van der Waals surface area contributed by atoms with Crippen molar-refractivity contribution in [2.24, 2.45) is 0 Å². The van der Waals surface area contributed by atoms with Crippen LogP contribution < -0.4 is 5.73 Å². The fourth-order valence-corrected chi connectivity index (χ4v) is 2.06. The lowest BCUT2D eigenvalue weighted by atomic mass is 10.3. The molecule has 1 aromatic rings. The molecule has 0 aliphatic rings. The van der Waals surface area contributed by atoms with Gasteiger partial charge < -0.3 is 15.7 Å². The second kappa shape index (κ2) is 5.72. The predicted molar refractivity (Wildman–Crippen MR) is 64.9 cm³/mol. The van der Waals surface area contributed by atoms with E-state index in [2.05, 4.69) is 4.98 Å². The molecular formula is C10H15N3O2S. The van der Waals surface area contributed by atoms with E-state index in [4.69, 9.17) is 10.8 Å². The van der Waals surface area contributed by atoms with Crippen molar-refractivity contribution in [2.75, 3.05) is 32.1 Å². The molecule has 0 fully saturated rings. The number of nitrogen functional groups attached to an aromatic ring is 1. The summed E-state index contributed by atoms with van der Waals surface area (Å²) in [6.45, 7) is 0.892. The minimum Gasteiger partial charge on any atom is -0.477 e. The molecule has 6 heteroatoms. The first kappa shape index (κ1) is 12.8. The maximum atomic E-state index is 10.7. The van der Waals surface area contributed by atoms with E-state index >= 15 is 0 Å². The monoisotopic (exact) mass is 241 g/mol. The van der Waals surface area contributed by atoms with Gasteiger partial charge in [0, 0.05) is 12.3 Å². The van der Waals surface area contributed by atoms with Crippen LogP contribution in [0, 0.1) is 0 Å². The predicted octanol–water partition coefficient (Wildman–Crippen LogP) is 1.02. The van der Waals surface area contributed by atoms with Gasteiger partial charge in [-0.3, -0.25) is 0 Å². The zero-order chi connectivity index (χ0) is 12.1. The number of carboxylic acids is 1. The maximum Gasteiger partial charge on any atom is 0.354 e. The van der Waals surface area contributed by atoms with E-state index in [0.717, 1.165) is 12.3 Å². The Labute approximate surface area is 98.7 Å². The number of carboxylic acid groups (broad SMARTS) is 1. The smallest absolute Gasteiger partial charge is 0.354 e. The zero-order valence-corrected chi connectivity index (χ0v) is 10.1. The van der Waals surface area contributed by atoms with Crippen molar-refractivity contribution < 1.29 is 9.90 Å². The van der Waals surface area contributed by atoms with Crippen LogP contribution >= 0.6 is 11.8 Å². The SMILES string of the molecule is CN(C)CCSc1nc(C(=O)O)ccc1N. The second-order valence-corrected chi connectivity index (χ2v) is 4.63. The van der Waals surface area contributed by atoms with Crippen molar-refractivity contribution in [3.05, 3.63) is 17.8 Å². The molecule has 0 aliphatic carbocycles. The van der Waals surface area contributed by atoms with E-state index in [1.54, 1.807) is 6.07 Å². The highest BCUT2D eigenvalue weighted by Crippen LogP contribution is 2.22. The molecule has 16 heavy (non-hydrogen) atoms. The molecule has 0 aromatic carbocycles. The minimum absolute atomic E-state index is 0.0292. The van der Waals surface area contributed by atoms with E-state index in [1.165, 1.54) is 17.8 Å². The van der Waals surface area contributed by atoms with Crippen molar-refractivity contribution in [1.82, 2.24) is 9.88 Å². The number of nitrogens with two attached hydrogens (primary N) is 1. The number of hydrogen-bond donors (Lipinski definition) is 2. The first-order valence-corrected chi connectivity index (χ1v) is 5.76. The van der Waals surface area contributed by atoms with Gasteiger partial charge in [0.2, 0.25) is 0 Å². The van der Waals surface area contributed by atoms with Gasteiger partial charge in [0.05, 0.1) is 5.69 Å². The largest absolute Gasteiger partial charge is 0.477 e. The van der Waals surface area contributed by atoms with E-state index in [0.29, 0.717) is 10.7 Å². The summed E-state index contributed by atoms with van der Waals surface area (Å²) in [5, 5.41) is 9.38. The van der Waals surface area contributed by atoms with Crippen LogP contribution in [0.3, 0.4) is 0 Å². The van der Waals surface area contributed by atoms with Gasteiger partial charge in [0.15, 0.2) is 0 Å². The average Bonchev–Trinajstić information content (AvgIpc) is 2.20. The Morgan fingerprint density at radius 1 is 1.56 bits per heavy atom. The Balaban J connectivity index is 2.70. The molecule has 0 bridgehead atoms. The summed E-state index contributed by atoms with van der Waals surface area (Å²) in [5.74, 6) is -0.206. The molecule has 0 aliphatic heterocycles. The standard InChI is InChI=1S/C10H15N3O2S/c1-13(2)5-6-16-9-7(11)3-4-8(12-9)10(14)15/h3-4H,5-6,11H2,1-2H3,(H,14,15). The highest BCUT2D eigenvalue weighted by Gasteiger charge is 2.08. The third-order valence-corrected chi connectivity index (χ3v) is 2.87. The van der Waals surface area contributed by atoms with Gasteiger partial charge in [-0.2, -0.15) is 0 Å². The maximum absolute atomic E-state index is 10.7. The number of carbonyl (C=O) groups is 1. The molecule has 1 heterocycles. The first-order valence-electron chi connectivity index (χ1n) is 4.78. The Morgan fingerprint density at radius 3 is 2.81 bits per heavy atom. The molecule has 1 rings (SSSR count). The van der Waals surface area contributed by atoms with Gasteiger partial charge >= 0.3 is 5.97 Å². The minimum atomic E-state index is -1.03. The lowest BCUT2D eigenvalue weighted by molar-refractivity contribution is 0.0690. The van der Waals surface area contributed by atoms with Gasteiger partial charge in [-0.25, -0.2) is 9.78 Å². The number of rotatable bonds is 5. The third-order valence-electron chi connectivity index (χ3n) is 1.89. The van der Waals surface area contributed by atoms with Crippen LogP contribution in [0.5, 0.6) is 0 Å². The van der Waals surface area contributed by atoms with Gasteiger partial charge in [-0.1, -0.05) is 0 Å². The Bertz CT molecular complexity index is 382. The highest BCUT2D eigenvalue weighted by molar-refractivity contribution is 7.99. The van der Waals surface area contributed by atoms with E-state index in [1.807, 2.05) is 19.0 Å². The molecule has 88 valence electrons. The fourth-order valence-electron chi connectivity index (χ4n) is 1.01. The summed E-state index contributed by atoms with van der Waals surface area (Å²) >= 11 is 1.47. The summed E-state index contributed by atoms with van der Waals surface area (Å²) in [5.41, 5.74) is 6.27. The van der Waals surface area contributed by atoms with E-state index < -0.39 is 5.97 Å². The molecule has 3 N–H and O–H groups in total. The number of aromatic carboxylic acids is 1. The van der Waals surface area contributed by atoms with E-state index in [-0.39, 0.29) is 5.69 Å². The van der Waals surface area contributed by atoms with E-state index in [9.17, 15) is 4.79 Å². The Morgan fingerprint density at radius 2 is 2.25 bits per heavy atom. The number of thioether (sulfide) groups is 1. The number of anilines is 1. The molecule has 5 nitrogen and oxygen atoms in total. The summed E-state index contributed by atoms with van der Waals surface area (Å²) in [6.07, 6.45) is 0. The molecular weight excluding hydrogens is 226 g/mol. The van der Waals surface area contributed by atoms with Crippen molar-refractivity contribution >= 4 is 23.4 Å². The molecule has 0 amide bonds. The molecule has 0 saturated heterocycles. The Kier molecular flexibility index (Phi) is 4.57. The summed E-state index contributed by atoms with van der Waals surface area (Å²) in [4.78, 5) is 16.8. The van der Waals surface area contributed by atoms with Crippen molar-refractivity contribution in [1.29, 1.82) is 0 Å². The van der Waals surface area contributed by atoms with Crippen molar-refractivity contribution in [3.8, 4) is 0 Å². The summed E-state index contributed by atoms with van der Waals surface area (Å²) in [6, 6.07) is 2.99. The van der Waals surface area contributed by atoms with Gasteiger partial charge in [0.25, 0.3) is 0 Å². The molecule has 0 spiro atoms. The lowest BCUT2D eigenvalue weighted by Crippen LogP contribution is -2.15. The molecule has 1 aromatic heterocycles. The number of hydrogen-bond acceptors (Lipinski definition) is 5. The second-order valence-electron chi connectivity index (χ2n) is 3.55. The van der Waals surface area contributed by atoms with Gasteiger partial charge in [-0.15, -0.1) is 11.8 Å². The lowest BCUT2D eigenvalue weighted by Gasteiger charge is -2.09. The topological polar surface area (TPSA) is 79.5 Å². The molecule has 0 radical (unpaired) electrons. The highest BCUT2D eigenvalue weighted by atomic mass is 32.2. The first-order chi connectivity index (χ1) is 7.50. The van der Waals surface area contributed by atoms with Crippen molar-refractivity contribution in [3.63, 3.8) is 0 Å². The summed E-state index contributed by atoms with van der Waals surface area (Å²) in [7, 11) is 3.95. The van der Waals surface area contributed by atoms with Crippen LogP contribution in [0.25, 0.3) is 0 Å². The normalized spacial score (nSPS) is 10.7. The Hall–Kier alpha value is -1.27. The van der Waals surface area contributed by atoms with Crippen LogP contribution in [-0.4, -0.2) is 47.4 Å². The fraction of sp³-hybridized carbons (Fsp3) is 0.400. The van der Waals surface area contributed by atoms with Crippen LogP contribution in [0.4, 0.5) is 5.69 Å². The van der Waals surface area contributed by atoms with Crippen molar-refractivity contribution in [2.45, 2.75) is 5.03 Å². The average molecular weight is 241 g/mol. The molecule has 0 unspecified atom stereocenters. The third kappa shape index (κ3) is 3.71. The van der Waals surface area contributed by atoms with Crippen LogP contribution in [0.15, 0.2) is 17.2 Å². The molecule has 0 saturated carbocycles. The van der Waals surface area contributed by atoms with Crippen LogP contribution in [0.2, 0.25) is 0 Å². The number of aromatic nitrogens is 1. The van der Waals surface area contributed by atoms with Gasteiger partial charge in [-0.05, 0) is 26.2 Å². The summed E-state index contributed by atoms with van der Waals surface area (Å²) < 4.78 is 0. The molecule has 0 atom stereocenters. The zero-order valence-electron chi connectivity index (χ0n) is 9.30. The number of nitrogens with zero attached hydrogens (tertiary/aromatic N) is 2. The van der Waals surface area contributed by atoms with Crippen LogP contribution in [0.1, 0.15) is 10.5 Å². The van der Waals surface area contributed by atoms with Gasteiger partial charge in [0.1, 0.15) is 10.7 Å². The number of pyridine rings is 1.